The van der Waals surface area contributed by atoms with Crippen molar-refractivity contribution in [2.24, 2.45) is 5.92 Å². The molecule has 0 spiro atoms. The van der Waals surface area contributed by atoms with E-state index in [1.165, 1.54) is 0 Å². The second kappa shape index (κ2) is 7.69. The summed E-state index contributed by atoms with van der Waals surface area (Å²) < 4.78 is 0. The minimum absolute atomic E-state index is 0.0873. The average molecular weight is 395 g/mol. The van der Waals surface area contributed by atoms with Crippen molar-refractivity contribution in [1.29, 1.82) is 0 Å². The van der Waals surface area contributed by atoms with Crippen LogP contribution in [0, 0.1) is 12.8 Å². The first-order valence-corrected chi connectivity index (χ1v) is 9.98. The second-order valence-electron chi connectivity index (χ2n) is 7.93. The molecule has 29 heavy (non-hydrogen) atoms. The highest BCUT2D eigenvalue weighted by Gasteiger charge is 2.35. The van der Waals surface area contributed by atoms with E-state index in [4.69, 9.17) is 0 Å². The normalized spacial score (nSPS) is 19.4. The summed E-state index contributed by atoms with van der Waals surface area (Å²) in [6.45, 7) is 5.69. The van der Waals surface area contributed by atoms with Gasteiger partial charge < -0.3 is 15.5 Å². The number of nitrogens with one attached hydrogen (secondary N) is 3. The lowest BCUT2D eigenvalue weighted by molar-refractivity contribution is -0.123. The van der Waals surface area contributed by atoms with Gasteiger partial charge in [-0.1, -0.05) is 25.1 Å². The molecule has 2 aliphatic heterocycles. The molecule has 1 fully saturated rings. The number of rotatable bonds is 3. The van der Waals surface area contributed by atoms with Gasteiger partial charge in [0.1, 0.15) is 5.82 Å². The highest BCUT2D eigenvalue weighted by atomic mass is 16.2. The molecule has 0 saturated carbocycles. The fourth-order valence-corrected chi connectivity index (χ4v) is 3.89. The van der Waals surface area contributed by atoms with Crippen LogP contribution in [-0.4, -0.2) is 34.9 Å². The Kier molecular flexibility index (Phi) is 5.08. The summed E-state index contributed by atoms with van der Waals surface area (Å²) in [5.41, 5.74) is 1.40. The number of benzene rings is 1. The third kappa shape index (κ3) is 3.87. The number of carbonyl (C=O) groups is 2. The zero-order valence-corrected chi connectivity index (χ0v) is 16.6. The number of hydrogen-bond donors (Lipinski definition) is 3. The lowest BCUT2D eigenvalue weighted by atomic mass is 9.92. The van der Waals surface area contributed by atoms with Gasteiger partial charge in [-0.25, -0.2) is 0 Å². The van der Waals surface area contributed by atoms with Crippen LogP contribution >= 0.6 is 0 Å². The minimum Gasteiger partial charge on any atom is -0.342 e. The summed E-state index contributed by atoms with van der Waals surface area (Å²) >= 11 is 0. The Morgan fingerprint density at radius 3 is 2.66 bits per heavy atom. The van der Waals surface area contributed by atoms with Crippen LogP contribution in [0.5, 0.6) is 0 Å². The van der Waals surface area contributed by atoms with Crippen molar-refractivity contribution in [3.8, 4) is 0 Å². The van der Waals surface area contributed by atoms with E-state index in [9.17, 15) is 14.4 Å². The number of amides is 2. The number of H-pyrrole nitrogens is 1. The zero-order valence-electron chi connectivity index (χ0n) is 16.6. The van der Waals surface area contributed by atoms with Crippen molar-refractivity contribution < 1.29 is 9.59 Å². The zero-order chi connectivity index (χ0) is 20.5. The molecule has 0 bridgehead atoms. The van der Waals surface area contributed by atoms with E-state index in [1.54, 1.807) is 6.07 Å². The predicted molar refractivity (Wildman–Crippen MR) is 111 cm³/mol. The van der Waals surface area contributed by atoms with Gasteiger partial charge in [-0.15, -0.1) is 0 Å². The molecule has 3 heterocycles. The van der Waals surface area contributed by atoms with Gasteiger partial charge >= 0.3 is 0 Å². The third-order valence-corrected chi connectivity index (χ3v) is 5.74. The van der Waals surface area contributed by atoms with E-state index in [0.717, 1.165) is 31.5 Å². The van der Waals surface area contributed by atoms with Crippen LogP contribution in [0.4, 0.5) is 17.5 Å². The van der Waals surface area contributed by atoms with Crippen molar-refractivity contribution in [3.63, 3.8) is 0 Å². The summed E-state index contributed by atoms with van der Waals surface area (Å²) in [6, 6.07) is 7.38. The number of anilines is 3. The van der Waals surface area contributed by atoms with Crippen LogP contribution in [0.2, 0.25) is 0 Å². The van der Waals surface area contributed by atoms with Crippen LogP contribution in [0.3, 0.4) is 0 Å². The molecule has 0 aliphatic carbocycles. The summed E-state index contributed by atoms with van der Waals surface area (Å²) in [7, 11) is 0. The summed E-state index contributed by atoms with van der Waals surface area (Å²) in [5.74, 6) is -0.319. The Morgan fingerprint density at radius 1 is 1.21 bits per heavy atom. The second-order valence-corrected chi connectivity index (χ2v) is 7.93. The number of fused-ring (bicyclic) bond motifs is 1. The number of carbonyl (C=O) groups excluding carboxylic acids is 2. The van der Waals surface area contributed by atoms with E-state index >= 15 is 0 Å². The Labute approximate surface area is 168 Å². The summed E-state index contributed by atoms with van der Waals surface area (Å²) in [4.78, 5) is 47.4. The van der Waals surface area contributed by atoms with E-state index in [2.05, 4.69) is 27.5 Å². The maximum Gasteiger partial charge on any atom is 0.258 e. The van der Waals surface area contributed by atoms with E-state index in [-0.39, 0.29) is 35.2 Å². The Hall–Kier alpha value is -3.16. The molecule has 1 aromatic heterocycles. The lowest BCUT2D eigenvalue weighted by Gasteiger charge is -2.31. The molecule has 152 valence electrons. The van der Waals surface area contributed by atoms with Crippen LogP contribution < -0.4 is 21.1 Å². The molecule has 1 atom stereocenters. The lowest BCUT2D eigenvalue weighted by Crippen LogP contribution is -2.39. The number of hydrogen-bond acceptors (Lipinski definition) is 5. The fraction of sp³-hybridized carbons (Fsp3) is 0.429. The maximum absolute atomic E-state index is 12.9. The standard InChI is InChI=1S/C21H25N5O3/c1-12-7-9-26(10-8-12)21-24-18-17(20(29)25-21)14(11-16(27)23-18)19(28)22-15-6-4-3-5-13(15)2/h3-6,12,14H,7-11H2,1-2H3,(H,22,28)(H2,23,24,25,27,29). The first kappa shape index (κ1) is 19.2. The molecule has 2 aliphatic rings. The van der Waals surface area contributed by atoms with Gasteiger partial charge in [0, 0.05) is 25.2 Å². The molecule has 8 nitrogen and oxygen atoms in total. The first-order chi connectivity index (χ1) is 13.9. The number of nitrogens with zero attached hydrogens (tertiary/aromatic N) is 2. The smallest absolute Gasteiger partial charge is 0.258 e. The predicted octanol–water partition coefficient (Wildman–Crippen LogP) is 2.38. The van der Waals surface area contributed by atoms with Gasteiger partial charge in [0.05, 0.1) is 11.5 Å². The molecule has 2 amide bonds. The number of aromatic nitrogens is 2. The summed E-state index contributed by atoms with van der Waals surface area (Å²) in [5, 5.41) is 5.51. The van der Waals surface area contributed by atoms with Crippen molar-refractivity contribution in [2.45, 2.75) is 39.0 Å². The van der Waals surface area contributed by atoms with Gasteiger partial charge in [-0.2, -0.15) is 4.98 Å². The van der Waals surface area contributed by atoms with Crippen molar-refractivity contribution in [3.05, 3.63) is 45.7 Å². The molecule has 4 rings (SSSR count). The highest BCUT2D eigenvalue weighted by molar-refractivity contribution is 6.04. The number of aryl methyl sites for hydroxylation is 1. The van der Waals surface area contributed by atoms with Crippen molar-refractivity contribution in [2.75, 3.05) is 28.6 Å². The average Bonchev–Trinajstić information content (AvgIpc) is 2.69. The van der Waals surface area contributed by atoms with Gasteiger partial charge in [0.15, 0.2) is 0 Å². The molecule has 1 aromatic carbocycles. The fourth-order valence-electron chi connectivity index (χ4n) is 3.89. The quantitative estimate of drug-likeness (QED) is 0.740. The molecule has 0 radical (unpaired) electrons. The highest BCUT2D eigenvalue weighted by Crippen LogP contribution is 2.31. The number of piperidine rings is 1. The molecular formula is C21H25N5O3. The van der Waals surface area contributed by atoms with E-state index in [1.807, 2.05) is 30.0 Å². The monoisotopic (exact) mass is 395 g/mol. The van der Waals surface area contributed by atoms with Crippen molar-refractivity contribution in [1.82, 2.24) is 9.97 Å². The molecule has 2 aromatic rings. The van der Waals surface area contributed by atoms with Gasteiger partial charge in [0.2, 0.25) is 17.8 Å². The third-order valence-electron chi connectivity index (χ3n) is 5.74. The van der Waals surface area contributed by atoms with Gasteiger partial charge in [-0.3, -0.25) is 19.4 Å². The van der Waals surface area contributed by atoms with Crippen LogP contribution in [-0.2, 0) is 9.59 Å². The number of aromatic amines is 1. The first-order valence-electron chi connectivity index (χ1n) is 9.98. The number of para-hydroxylation sites is 1. The Balaban J connectivity index is 1.64. The Bertz CT molecular complexity index is 1010. The largest absolute Gasteiger partial charge is 0.342 e. The topological polar surface area (TPSA) is 107 Å². The molecular weight excluding hydrogens is 370 g/mol. The van der Waals surface area contributed by atoms with E-state index < -0.39 is 5.92 Å². The van der Waals surface area contributed by atoms with Crippen LogP contribution in [0.15, 0.2) is 29.1 Å². The molecule has 1 saturated heterocycles. The van der Waals surface area contributed by atoms with Crippen molar-refractivity contribution >= 4 is 29.3 Å². The van der Waals surface area contributed by atoms with Crippen LogP contribution in [0.25, 0.3) is 0 Å². The van der Waals surface area contributed by atoms with Gasteiger partial charge in [-0.05, 0) is 37.3 Å². The van der Waals surface area contributed by atoms with E-state index in [0.29, 0.717) is 17.6 Å². The molecule has 3 N–H and O–H groups in total. The van der Waals surface area contributed by atoms with Crippen LogP contribution in [0.1, 0.15) is 43.2 Å². The summed E-state index contributed by atoms with van der Waals surface area (Å²) in [6.07, 6.45) is 1.96. The molecule has 8 heteroatoms. The minimum atomic E-state index is -0.884. The van der Waals surface area contributed by atoms with Gasteiger partial charge in [0.25, 0.3) is 5.56 Å². The Morgan fingerprint density at radius 2 is 1.93 bits per heavy atom. The maximum atomic E-state index is 12.9. The SMILES string of the molecule is Cc1ccccc1NC(=O)C1CC(=O)Nc2nc(N3CCC(C)CC3)[nH]c(=O)c21. The molecule has 1 unspecified atom stereocenters.